The van der Waals surface area contributed by atoms with Crippen LogP contribution in [0.2, 0.25) is 0 Å². The SMILES string of the molecule is CCC(C)C1=C(C)C(C)(C)CN1. The van der Waals surface area contributed by atoms with Crippen LogP contribution in [0.1, 0.15) is 41.0 Å². The molecule has 1 aliphatic rings. The molecule has 1 N–H and O–H groups in total. The average molecular weight is 167 g/mol. The molecule has 0 aromatic rings. The molecule has 1 heteroatoms. The largest absolute Gasteiger partial charge is 0.387 e. The van der Waals surface area contributed by atoms with E-state index in [0.717, 1.165) is 6.54 Å². The van der Waals surface area contributed by atoms with E-state index < -0.39 is 0 Å². The Morgan fingerprint density at radius 2 is 2.08 bits per heavy atom. The highest BCUT2D eigenvalue weighted by atomic mass is 14.9. The highest BCUT2D eigenvalue weighted by molar-refractivity contribution is 5.25. The molecule has 1 rings (SSSR count). The van der Waals surface area contributed by atoms with E-state index in [2.05, 4.69) is 39.9 Å². The van der Waals surface area contributed by atoms with Crippen molar-refractivity contribution in [3.8, 4) is 0 Å². The smallest absolute Gasteiger partial charge is 0.0233 e. The molecule has 0 bridgehead atoms. The van der Waals surface area contributed by atoms with E-state index in [0.29, 0.717) is 11.3 Å². The second kappa shape index (κ2) is 3.12. The normalized spacial score (nSPS) is 24.1. The van der Waals surface area contributed by atoms with Crippen LogP contribution in [0.15, 0.2) is 11.3 Å². The Balaban J connectivity index is 2.85. The zero-order valence-electron chi connectivity index (χ0n) is 8.99. The Labute approximate surface area is 76.2 Å². The van der Waals surface area contributed by atoms with E-state index in [4.69, 9.17) is 0 Å². The van der Waals surface area contributed by atoms with Gasteiger partial charge in [0.1, 0.15) is 0 Å². The van der Waals surface area contributed by atoms with Crippen molar-refractivity contribution in [2.24, 2.45) is 11.3 Å². The summed E-state index contributed by atoms with van der Waals surface area (Å²) in [5.74, 6) is 0.701. The number of nitrogens with one attached hydrogen (secondary N) is 1. The van der Waals surface area contributed by atoms with Gasteiger partial charge < -0.3 is 5.32 Å². The standard InChI is InChI=1S/C11H21N/c1-6-8(2)10-9(3)11(4,5)7-12-10/h8,12H,6-7H2,1-5H3. The Bertz CT molecular complexity index is 201. The van der Waals surface area contributed by atoms with Crippen LogP contribution in [0.5, 0.6) is 0 Å². The van der Waals surface area contributed by atoms with Crippen molar-refractivity contribution in [1.29, 1.82) is 0 Å². The minimum Gasteiger partial charge on any atom is -0.387 e. The molecule has 70 valence electrons. The van der Waals surface area contributed by atoms with Gasteiger partial charge in [-0.25, -0.2) is 0 Å². The summed E-state index contributed by atoms with van der Waals surface area (Å²) in [7, 11) is 0. The fourth-order valence-corrected chi connectivity index (χ4v) is 1.69. The molecular weight excluding hydrogens is 146 g/mol. The van der Waals surface area contributed by atoms with Crippen molar-refractivity contribution in [2.75, 3.05) is 6.54 Å². The van der Waals surface area contributed by atoms with Gasteiger partial charge in [0.15, 0.2) is 0 Å². The Morgan fingerprint density at radius 1 is 1.50 bits per heavy atom. The van der Waals surface area contributed by atoms with Crippen LogP contribution in [0.3, 0.4) is 0 Å². The third-order valence-electron chi connectivity index (χ3n) is 3.25. The lowest BCUT2D eigenvalue weighted by Crippen LogP contribution is -2.20. The molecule has 1 unspecified atom stereocenters. The second-order valence-electron chi connectivity index (χ2n) is 4.59. The molecule has 0 saturated carbocycles. The maximum absolute atomic E-state index is 3.53. The molecule has 12 heavy (non-hydrogen) atoms. The first-order valence-electron chi connectivity index (χ1n) is 4.94. The van der Waals surface area contributed by atoms with Gasteiger partial charge in [0.05, 0.1) is 0 Å². The van der Waals surface area contributed by atoms with Crippen molar-refractivity contribution >= 4 is 0 Å². The van der Waals surface area contributed by atoms with Crippen molar-refractivity contribution in [3.63, 3.8) is 0 Å². The van der Waals surface area contributed by atoms with Crippen LogP contribution in [0.4, 0.5) is 0 Å². The van der Waals surface area contributed by atoms with Crippen LogP contribution >= 0.6 is 0 Å². The second-order valence-corrected chi connectivity index (χ2v) is 4.59. The van der Waals surface area contributed by atoms with Gasteiger partial charge in [-0.3, -0.25) is 0 Å². The molecule has 1 atom stereocenters. The van der Waals surface area contributed by atoms with Crippen molar-refractivity contribution in [3.05, 3.63) is 11.3 Å². The molecule has 0 spiro atoms. The summed E-state index contributed by atoms with van der Waals surface area (Å²) in [6.07, 6.45) is 1.23. The topological polar surface area (TPSA) is 12.0 Å². The molecule has 0 aliphatic carbocycles. The van der Waals surface area contributed by atoms with E-state index >= 15 is 0 Å². The van der Waals surface area contributed by atoms with Crippen LogP contribution < -0.4 is 5.32 Å². The Hall–Kier alpha value is -0.460. The number of rotatable bonds is 2. The minimum atomic E-state index is 0.374. The van der Waals surface area contributed by atoms with E-state index in [-0.39, 0.29) is 0 Å². The van der Waals surface area contributed by atoms with Gasteiger partial charge in [0, 0.05) is 17.7 Å². The summed E-state index contributed by atoms with van der Waals surface area (Å²) < 4.78 is 0. The molecule has 1 heterocycles. The zero-order chi connectivity index (χ0) is 9.35. The fourth-order valence-electron chi connectivity index (χ4n) is 1.69. The molecule has 0 amide bonds. The van der Waals surface area contributed by atoms with Crippen LogP contribution in [0.25, 0.3) is 0 Å². The molecular formula is C11H21N. The Kier molecular flexibility index (Phi) is 2.50. The maximum Gasteiger partial charge on any atom is 0.0233 e. The quantitative estimate of drug-likeness (QED) is 0.666. The van der Waals surface area contributed by atoms with Gasteiger partial charge in [0.2, 0.25) is 0 Å². The zero-order valence-corrected chi connectivity index (χ0v) is 8.99. The highest BCUT2D eigenvalue weighted by Crippen LogP contribution is 2.35. The fraction of sp³-hybridized carbons (Fsp3) is 0.818. The highest BCUT2D eigenvalue weighted by Gasteiger charge is 2.30. The molecule has 1 nitrogen and oxygen atoms in total. The third kappa shape index (κ3) is 1.50. The monoisotopic (exact) mass is 167 g/mol. The molecule has 1 aliphatic heterocycles. The van der Waals surface area contributed by atoms with E-state index in [1.165, 1.54) is 12.1 Å². The molecule has 0 aromatic heterocycles. The molecule has 0 saturated heterocycles. The minimum absolute atomic E-state index is 0.374. The van der Waals surface area contributed by atoms with Crippen molar-refractivity contribution in [2.45, 2.75) is 41.0 Å². The van der Waals surface area contributed by atoms with Crippen LogP contribution in [-0.2, 0) is 0 Å². The van der Waals surface area contributed by atoms with E-state index in [1.807, 2.05) is 0 Å². The summed E-state index contributed by atoms with van der Waals surface area (Å²) in [5.41, 5.74) is 3.41. The summed E-state index contributed by atoms with van der Waals surface area (Å²) in [6.45, 7) is 12.5. The predicted molar refractivity (Wildman–Crippen MR) is 53.9 cm³/mol. The molecule has 0 fully saturated rings. The van der Waals surface area contributed by atoms with Gasteiger partial charge in [-0.15, -0.1) is 0 Å². The number of hydrogen-bond donors (Lipinski definition) is 1. The van der Waals surface area contributed by atoms with Crippen molar-refractivity contribution < 1.29 is 0 Å². The van der Waals surface area contributed by atoms with Crippen LogP contribution in [0, 0.1) is 11.3 Å². The van der Waals surface area contributed by atoms with Gasteiger partial charge in [-0.2, -0.15) is 0 Å². The van der Waals surface area contributed by atoms with Gasteiger partial charge in [0.25, 0.3) is 0 Å². The van der Waals surface area contributed by atoms with E-state index in [1.54, 1.807) is 5.57 Å². The average Bonchev–Trinajstić information content (AvgIpc) is 2.27. The first kappa shape index (κ1) is 9.63. The summed E-state index contributed by atoms with van der Waals surface area (Å²) in [5, 5.41) is 3.53. The maximum atomic E-state index is 3.53. The summed E-state index contributed by atoms with van der Waals surface area (Å²) in [4.78, 5) is 0. The van der Waals surface area contributed by atoms with E-state index in [9.17, 15) is 0 Å². The first-order chi connectivity index (χ1) is 5.49. The number of allylic oxidation sites excluding steroid dienone is 1. The lowest BCUT2D eigenvalue weighted by Gasteiger charge is -2.18. The van der Waals surface area contributed by atoms with Gasteiger partial charge >= 0.3 is 0 Å². The van der Waals surface area contributed by atoms with Crippen LogP contribution in [-0.4, -0.2) is 6.54 Å². The van der Waals surface area contributed by atoms with Gasteiger partial charge in [-0.1, -0.05) is 27.7 Å². The predicted octanol–water partition coefficient (Wildman–Crippen LogP) is 2.94. The molecule has 0 radical (unpaired) electrons. The lowest BCUT2D eigenvalue weighted by atomic mass is 9.85. The molecule has 0 aromatic carbocycles. The third-order valence-corrected chi connectivity index (χ3v) is 3.25. The van der Waals surface area contributed by atoms with Gasteiger partial charge in [-0.05, 0) is 24.8 Å². The lowest BCUT2D eigenvalue weighted by molar-refractivity contribution is 0.468. The van der Waals surface area contributed by atoms with Crippen molar-refractivity contribution in [1.82, 2.24) is 5.32 Å². The number of hydrogen-bond acceptors (Lipinski definition) is 1. The summed E-state index contributed by atoms with van der Waals surface area (Å²) in [6, 6.07) is 0. The Morgan fingerprint density at radius 3 is 2.42 bits per heavy atom. The first-order valence-corrected chi connectivity index (χ1v) is 4.94. The summed E-state index contributed by atoms with van der Waals surface area (Å²) >= 11 is 0.